The summed E-state index contributed by atoms with van der Waals surface area (Å²) in [5, 5.41) is 5.29. The lowest BCUT2D eigenvalue weighted by molar-refractivity contribution is -0.123. The van der Waals surface area contributed by atoms with Crippen molar-refractivity contribution in [3.05, 3.63) is 107 Å². The minimum atomic E-state index is -0.992. The maximum atomic E-state index is 13.5. The Labute approximate surface area is 224 Å². The number of Topliss-reactive ketones (excluding diaryl/α,β-unsaturated/α-hetero) is 1. The highest BCUT2D eigenvalue weighted by atomic mass is 16.4. The van der Waals surface area contributed by atoms with E-state index < -0.39 is 17.0 Å². The van der Waals surface area contributed by atoms with Crippen LogP contribution in [0.5, 0.6) is 0 Å². The second-order valence-electron chi connectivity index (χ2n) is 10.7. The van der Waals surface area contributed by atoms with Crippen molar-refractivity contribution >= 4 is 29.4 Å². The molecule has 2 atom stereocenters. The third-order valence-electron chi connectivity index (χ3n) is 7.49. The van der Waals surface area contributed by atoms with Crippen LogP contribution in [0.15, 0.2) is 98.9 Å². The first-order chi connectivity index (χ1) is 18.8. The highest BCUT2D eigenvalue weighted by molar-refractivity contribution is 6.20. The quantitative estimate of drug-likeness (QED) is 0.546. The summed E-state index contributed by atoms with van der Waals surface area (Å²) >= 11 is 0. The van der Waals surface area contributed by atoms with E-state index in [4.69, 9.17) is 14.4 Å². The van der Waals surface area contributed by atoms with Crippen LogP contribution in [0.1, 0.15) is 25.3 Å². The van der Waals surface area contributed by atoms with Crippen molar-refractivity contribution in [3.63, 3.8) is 0 Å². The third kappa shape index (κ3) is 3.96. The number of oxazole rings is 1. The number of aromatic nitrogens is 3. The molecule has 2 unspecified atom stereocenters. The molecule has 7 rings (SSSR count). The molecule has 1 saturated heterocycles. The highest BCUT2D eigenvalue weighted by Gasteiger charge is 2.46. The van der Waals surface area contributed by atoms with Crippen LogP contribution in [0, 0.1) is 12.3 Å². The van der Waals surface area contributed by atoms with Crippen molar-refractivity contribution in [3.8, 4) is 11.5 Å². The third-order valence-corrected chi connectivity index (χ3v) is 7.49. The molecule has 8 heteroatoms. The molecule has 4 aliphatic heterocycles. The van der Waals surface area contributed by atoms with E-state index in [0.29, 0.717) is 11.7 Å². The van der Waals surface area contributed by atoms with Crippen molar-refractivity contribution in [1.82, 2.24) is 20.3 Å². The van der Waals surface area contributed by atoms with Gasteiger partial charge in [-0.3, -0.25) is 14.8 Å². The van der Waals surface area contributed by atoms with Crippen LogP contribution in [0.3, 0.4) is 0 Å². The van der Waals surface area contributed by atoms with Crippen LogP contribution in [-0.4, -0.2) is 38.2 Å². The molecule has 192 valence electrons. The molecular weight excluding hydrogens is 488 g/mol. The number of carbonyl (C=O) groups excluding carboxylic acids is 1. The van der Waals surface area contributed by atoms with Crippen LogP contribution in [0.2, 0.25) is 0 Å². The summed E-state index contributed by atoms with van der Waals surface area (Å²) in [6, 6.07) is 7.36. The molecule has 8 nitrogen and oxygen atoms in total. The number of carbonyl (C=O) groups is 1. The molecule has 3 aromatic heterocycles. The fourth-order valence-corrected chi connectivity index (χ4v) is 5.21. The summed E-state index contributed by atoms with van der Waals surface area (Å²) in [5.41, 5.74) is 3.04. The zero-order valence-corrected chi connectivity index (χ0v) is 21.8. The number of aromatic amines is 1. The van der Waals surface area contributed by atoms with Crippen molar-refractivity contribution in [1.29, 1.82) is 0 Å². The normalized spacial score (nSPS) is 24.4. The summed E-state index contributed by atoms with van der Waals surface area (Å²) in [6.07, 6.45) is 19.1. The van der Waals surface area contributed by atoms with Gasteiger partial charge in [0.2, 0.25) is 5.89 Å². The largest absolute Gasteiger partial charge is 0.438 e. The summed E-state index contributed by atoms with van der Waals surface area (Å²) in [5.74, 6) is 1.07. The number of aryl methyl sites for hydroxylation is 1. The zero-order chi connectivity index (χ0) is 26.8. The van der Waals surface area contributed by atoms with Gasteiger partial charge in [-0.25, -0.2) is 9.98 Å². The van der Waals surface area contributed by atoms with E-state index in [2.05, 4.69) is 20.3 Å². The number of ketones is 1. The summed E-state index contributed by atoms with van der Waals surface area (Å²) in [6.45, 7) is 5.80. The number of nitrogens with zero attached hydrogens (tertiary/aromatic N) is 4. The van der Waals surface area contributed by atoms with E-state index >= 15 is 0 Å². The highest BCUT2D eigenvalue weighted by Crippen LogP contribution is 2.42. The van der Waals surface area contributed by atoms with Gasteiger partial charge in [-0.05, 0) is 93.6 Å². The summed E-state index contributed by atoms with van der Waals surface area (Å²) in [7, 11) is 0. The Kier molecular flexibility index (Phi) is 4.97. The molecule has 39 heavy (non-hydrogen) atoms. The fourth-order valence-electron chi connectivity index (χ4n) is 5.21. The number of rotatable bonds is 2. The average molecular weight is 515 g/mol. The average Bonchev–Trinajstić information content (AvgIpc) is 3.73. The molecular formula is C31H26N6O2. The lowest BCUT2D eigenvalue weighted by Crippen LogP contribution is -2.27. The monoisotopic (exact) mass is 514 g/mol. The standard InChI is InChI=1S/C31H26N6O2/c1-18-4-5-19(16-32-18)29-33-17-27(39-29)31-11-10-24(37-31)13-22-7-6-20(34-22)12-21-8-9-23(35-21)14-25-28(38)30(2,3)26(15-31)36-25/h4-17,25,34,36H,1-3H3. The zero-order valence-electron chi connectivity index (χ0n) is 21.8. The van der Waals surface area contributed by atoms with Gasteiger partial charge in [0, 0.05) is 28.3 Å². The maximum absolute atomic E-state index is 13.5. The van der Waals surface area contributed by atoms with E-state index in [1.165, 1.54) is 0 Å². The Morgan fingerprint density at radius 1 is 0.949 bits per heavy atom. The van der Waals surface area contributed by atoms with E-state index in [1.807, 2.05) is 93.6 Å². The Morgan fingerprint density at radius 2 is 1.77 bits per heavy atom. The Bertz CT molecular complexity index is 1840. The molecule has 3 aromatic rings. The number of hydrogen-bond acceptors (Lipinski definition) is 7. The molecule has 0 spiro atoms. The number of H-pyrrole nitrogens is 1. The maximum Gasteiger partial charge on any atom is 0.227 e. The van der Waals surface area contributed by atoms with E-state index in [1.54, 1.807) is 12.4 Å². The van der Waals surface area contributed by atoms with Crippen LogP contribution in [0.4, 0.5) is 0 Å². The topological polar surface area (TPSA) is 109 Å². The molecule has 0 aliphatic carbocycles. The van der Waals surface area contributed by atoms with Gasteiger partial charge in [-0.15, -0.1) is 0 Å². The van der Waals surface area contributed by atoms with Gasteiger partial charge < -0.3 is 14.7 Å². The molecule has 1 fully saturated rings. The van der Waals surface area contributed by atoms with Gasteiger partial charge in [-0.1, -0.05) is 0 Å². The molecule has 0 aromatic carbocycles. The second kappa shape index (κ2) is 8.33. The van der Waals surface area contributed by atoms with Crippen molar-refractivity contribution in [2.75, 3.05) is 0 Å². The van der Waals surface area contributed by atoms with Crippen molar-refractivity contribution < 1.29 is 9.21 Å². The first-order valence-corrected chi connectivity index (χ1v) is 12.9. The number of hydrogen-bond donors (Lipinski definition) is 2. The molecule has 0 amide bonds. The molecule has 2 N–H and O–H groups in total. The van der Waals surface area contributed by atoms with Crippen LogP contribution < -0.4 is 16.0 Å². The number of fused-ring (bicyclic) bond motifs is 6. The predicted octanol–water partition coefficient (Wildman–Crippen LogP) is 3.20. The Balaban J connectivity index is 1.42. The van der Waals surface area contributed by atoms with Gasteiger partial charge in [0.1, 0.15) is 6.04 Å². The number of aliphatic imine (C=N–C) groups is 2. The van der Waals surface area contributed by atoms with Gasteiger partial charge >= 0.3 is 0 Å². The van der Waals surface area contributed by atoms with E-state index in [0.717, 1.165) is 44.8 Å². The Hall–Kier alpha value is -4.85. The lowest BCUT2D eigenvalue weighted by atomic mass is 9.83. The van der Waals surface area contributed by atoms with E-state index in [-0.39, 0.29) is 5.78 Å². The van der Waals surface area contributed by atoms with Crippen LogP contribution >= 0.6 is 0 Å². The summed E-state index contributed by atoms with van der Waals surface area (Å²) < 4.78 is 6.31. The summed E-state index contributed by atoms with van der Waals surface area (Å²) in [4.78, 5) is 35.7. The fraction of sp³-hybridized carbons (Fsp3) is 0.194. The van der Waals surface area contributed by atoms with Gasteiger partial charge in [0.15, 0.2) is 17.1 Å². The van der Waals surface area contributed by atoms with Gasteiger partial charge in [-0.2, -0.15) is 0 Å². The predicted molar refractivity (Wildman–Crippen MR) is 150 cm³/mol. The number of pyridine rings is 1. The van der Waals surface area contributed by atoms with E-state index in [9.17, 15) is 4.79 Å². The SMILES string of the molecule is Cc1ccc(-c2ncc(C34C=CC(=N3)C=c3ccc([nH]3)=CC3=NC(=CC5NC(=C4)C(C)(C)C5=O)C=C3)o2)cn1. The van der Waals surface area contributed by atoms with Crippen LogP contribution in [0.25, 0.3) is 23.6 Å². The smallest absolute Gasteiger partial charge is 0.227 e. The first kappa shape index (κ1) is 23.3. The van der Waals surface area contributed by atoms with Crippen molar-refractivity contribution in [2.45, 2.75) is 32.4 Å². The lowest BCUT2D eigenvalue weighted by Gasteiger charge is -2.23. The first-order valence-electron chi connectivity index (χ1n) is 12.9. The van der Waals surface area contributed by atoms with Gasteiger partial charge in [0.25, 0.3) is 0 Å². The molecule has 8 bridgehead atoms. The number of allylic oxidation sites excluding steroid dienone is 4. The molecule has 0 saturated carbocycles. The molecule has 7 heterocycles. The Morgan fingerprint density at radius 3 is 2.56 bits per heavy atom. The van der Waals surface area contributed by atoms with Crippen LogP contribution in [-0.2, 0) is 10.3 Å². The minimum absolute atomic E-state index is 0.0667. The molecule has 0 radical (unpaired) electrons. The van der Waals surface area contributed by atoms with Gasteiger partial charge in [0.05, 0.1) is 34.3 Å². The second-order valence-corrected chi connectivity index (χ2v) is 10.7. The van der Waals surface area contributed by atoms with Crippen molar-refractivity contribution in [2.24, 2.45) is 15.4 Å². The minimum Gasteiger partial charge on any atom is -0.438 e. The molecule has 4 aliphatic rings. The number of nitrogens with one attached hydrogen (secondary N) is 2.